The summed E-state index contributed by atoms with van der Waals surface area (Å²) in [4.78, 5) is 35.3. The number of nitrogens with zero attached hydrogens (tertiary/aromatic N) is 2. The minimum atomic E-state index is -3.24. The highest BCUT2D eigenvalue weighted by Crippen LogP contribution is 2.34. The molecule has 0 fully saturated rings. The number of carbonyl (C=O) groups excluding carboxylic acids is 2. The van der Waals surface area contributed by atoms with Gasteiger partial charge < -0.3 is 23.8 Å². The second kappa shape index (κ2) is 11.4. The number of likely N-dealkylation sites (N-methyl/N-ethyl adjacent to an activating group) is 1. The minimum absolute atomic E-state index is 0.0572. The molecule has 0 heterocycles. The zero-order valence-electron chi connectivity index (χ0n) is 16.8. The van der Waals surface area contributed by atoms with Gasteiger partial charge in [0.05, 0.1) is 30.8 Å². The molecule has 30 heavy (non-hydrogen) atoms. The number of nitro groups is 1. The van der Waals surface area contributed by atoms with Gasteiger partial charge in [-0.25, -0.2) is 13.2 Å². The Balaban J connectivity index is 2.64. The molecule has 0 aliphatic carbocycles. The third-order valence-corrected chi connectivity index (χ3v) is 6.00. The van der Waals surface area contributed by atoms with Crippen molar-refractivity contribution in [2.45, 2.75) is 6.61 Å². The molecule has 1 amide bonds. The van der Waals surface area contributed by atoms with Crippen LogP contribution < -0.4 is 9.47 Å². The summed E-state index contributed by atoms with van der Waals surface area (Å²) in [5.41, 5.74) is -0.259. The van der Waals surface area contributed by atoms with Crippen molar-refractivity contribution in [3.05, 3.63) is 27.8 Å². The molecule has 0 aromatic heterocycles. The number of benzene rings is 1. The van der Waals surface area contributed by atoms with E-state index in [-0.39, 0.29) is 35.1 Å². The number of methoxy groups -OCH3 is 2. The predicted octanol–water partition coefficient (Wildman–Crippen LogP) is 1.42. The van der Waals surface area contributed by atoms with Gasteiger partial charge >= 0.3 is 12.1 Å². The number of nitro benzene ring substituents is 1. The van der Waals surface area contributed by atoms with Gasteiger partial charge in [-0.2, -0.15) is 0 Å². The van der Waals surface area contributed by atoms with Crippen molar-refractivity contribution in [3.63, 3.8) is 0 Å². The quantitative estimate of drug-likeness (QED) is 0.153. The van der Waals surface area contributed by atoms with Gasteiger partial charge in [-0.1, -0.05) is 0 Å². The van der Waals surface area contributed by atoms with E-state index in [0.29, 0.717) is 10.8 Å². The number of esters is 1. The van der Waals surface area contributed by atoms with Crippen LogP contribution in [0.3, 0.4) is 0 Å². The van der Waals surface area contributed by atoms with E-state index in [1.807, 2.05) is 0 Å². The van der Waals surface area contributed by atoms with Crippen molar-refractivity contribution in [1.82, 2.24) is 4.90 Å². The topological polar surface area (TPSA) is 152 Å². The first kappa shape index (κ1) is 25.3. The summed E-state index contributed by atoms with van der Waals surface area (Å²) >= 11 is 0. The highest BCUT2D eigenvalue weighted by molar-refractivity contribution is 8.71. The van der Waals surface area contributed by atoms with Crippen LogP contribution in [0.25, 0.3) is 0 Å². The van der Waals surface area contributed by atoms with Gasteiger partial charge in [0, 0.05) is 19.1 Å². The summed E-state index contributed by atoms with van der Waals surface area (Å²) in [6.45, 7) is -1.03. The Hall–Kier alpha value is -2.74. The standard InChI is InChI=1S/C16H22N2O10S2/c1-17(9-15(19)27-5-6-29-30(4,23)24)16(20)28-10-11-7-13(25-2)14(26-3)8-12(11)18(21)22/h7-8H,5-6,9-10H2,1-4H3. The molecule has 168 valence electrons. The van der Waals surface area contributed by atoms with Crippen molar-refractivity contribution in [2.24, 2.45) is 0 Å². The van der Waals surface area contributed by atoms with Crippen LogP contribution >= 0.6 is 10.8 Å². The first-order chi connectivity index (χ1) is 14.0. The molecule has 0 aliphatic rings. The summed E-state index contributed by atoms with van der Waals surface area (Å²) in [5, 5.41) is 11.3. The average molecular weight is 466 g/mol. The first-order valence-corrected chi connectivity index (χ1v) is 11.6. The maximum Gasteiger partial charge on any atom is 0.410 e. The highest BCUT2D eigenvalue weighted by atomic mass is 33.1. The SMILES string of the molecule is COc1cc(COC(=O)N(C)CC(=O)OCCSS(C)(=O)=O)c([N+](=O)[O-])cc1OC. The normalized spacial score (nSPS) is 10.8. The molecular formula is C16H22N2O10S2. The molecule has 0 saturated carbocycles. The first-order valence-electron chi connectivity index (χ1n) is 8.25. The van der Waals surface area contributed by atoms with E-state index >= 15 is 0 Å². The van der Waals surface area contributed by atoms with Crippen molar-refractivity contribution < 1.29 is 41.9 Å². The summed E-state index contributed by atoms with van der Waals surface area (Å²) in [5.74, 6) is -0.339. The van der Waals surface area contributed by atoms with Crippen LogP contribution in [0, 0.1) is 10.1 Å². The van der Waals surface area contributed by atoms with Gasteiger partial charge in [-0.3, -0.25) is 14.9 Å². The third kappa shape index (κ3) is 8.32. The molecule has 0 bridgehead atoms. The molecule has 0 radical (unpaired) electrons. The number of amides is 1. The predicted molar refractivity (Wildman–Crippen MR) is 107 cm³/mol. The molecule has 0 spiro atoms. The summed E-state index contributed by atoms with van der Waals surface area (Å²) in [7, 11) is 1.35. The molecule has 0 aliphatic heterocycles. The lowest BCUT2D eigenvalue weighted by atomic mass is 10.1. The molecule has 0 saturated heterocycles. The molecule has 1 rings (SSSR count). The van der Waals surface area contributed by atoms with E-state index in [9.17, 15) is 28.1 Å². The molecule has 1 aromatic rings. The molecular weight excluding hydrogens is 444 g/mol. The fraction of sp³-hybridized carbons (Fsp3) is 0.500. The smallest absolute Gasteiger partial charge is 0.410 e. The maximum absolute atomic E-state index is 12.1. The van der Waals surface area contributed by atoms with E-state index in [1.54, 1.807) is 0 Å². The second-order valence-corrected chi connectivity index (χ2v) is 10.3. The van der Waals surface area contributed by atoms with Gasteiger partial charge in [-0.05, 0) is 16.9 Å². The Labute approximate surface area is 176 Å². The van der Waals surface area contributed by atoms with Gasteiger partial charge in [0.25, 0.3) is 5.69 Å². The van der Waals surface area contributed by atoms with E-state index in [0.717, 1.165) is 17.2 Å². The highest BCUT2D eigenvalue weighted by Gasteiger charge is 2.22. The van der Waals surface area contributed by atoms with Crippen molar-refractivity contribution in [1.29, 1.82) is 0 Å². The van der Waals surface area contributed by atoms with Gasteiger partial charge in [0.1, 0.15) is 19.8 Å². The van der Waals surface area contributed by atoms with Gasteiger partial charge in [0.2, 0.25) is 0 Å². The van der Waals surface area contributed by atoms with E-state index in [4.69, 9.17) is 18.9 Å². The summed E-state index contributed by atoms with van der Waals surface area (Å²) in [6, 6.07) is 2.47. The van der Waals surface area contributed by atoms with Crippen molar-refractivity contribution in [2.75, 3.05) is 46.4 Å². The molecule has 0 unspecified atom stereocenters. The Morgan fingerprint density at radius 2 is 1.77 bits per heavy atom. The van der Waals surface area contributed by atoms with Crippen LogP contribution in [0.1, 0.15) is 5.56 Å². The lowest BCUT2D eigenvalue weighted by Crippen LogP contribution is -2.33. The average Bonchev–Trinajstić information content (AvgIpc) is 2.67. The summed E-state index contributed by atoms with van der Waals surface area (Å²) in [6.07, 6.45) is 0.119. The lowest BCUT2D eigenvalue weighted by Gasteiger charge is -2.16. The Kier molecular flexibility index (Phi) is 9.65. The van der Waals surface area contributed by atoms with Crippen LogP contribution in [0.5, 0.6) is 11.5 Å². The zero-order chi connectivity index (χ0) is 22.9. The zero-order valence-corrected chi connectivity index (χ0v) is 18.4. The number of carbonyl (C=O) groups is 2. The fourth-order valence-electron chi connectivity index (χ4n) is 2.09. The van der Waals surface area contributed by atoms with Gasteiger partial charge in [0.15, 0.2) is 20.4 Å². The van der Waals surface area contributed by atoms with E-state index in [2.05, 4.69) is 0 Å². The van der Waals surface area contributed by atoms with Crippen LogP contribution in [0.15, 0.2) is 12.1 Å². The maximum atomic E-state index is 12.1. The Morgan fingerprint density at radius 3 is 2.30 bits per heavy atom. The van der Waals surface area contributed by atoms with Crippen molar-refractivity contribution >= 4 is 37.4 Å². The monoisotopic (exact) mass is 466 g/mol. The van der Waals surface area contributed by atoms with Crippen LogP contribution in [0.2, 0.25) is 0 Å². The van der Waals surface area contributed by atoms with E-state index < -0.39 is 39.0 Å². The fourth-order valence-corrected chi connectivity index (χ4v) is 3.66. The number of hydrogen-bond acceptors (Lipinski definition) is 11. The van der Waals surface area contributed by atoms with E-state index in [1.165, 1.54) is 27.3 Å². The Morgan fingerprint density at radius 1 is 1.17 bits per heavy atom. The Bertz CT molecular complexity index is 888. The molecule has 1 aromatic carbocycles. The third-order valence-electron chi connectivity index (χ3n) is 3.45. The largest absolute Gasteiger partial charge is 0.493 e. The number of ether oxygens (including phenoxy) is 4. The minimum Gasteiger partial charge on any atom is -0.493 e. The van der Waals surface area contributed by atoms with Crippen LogP contribution in [-0.4, -0.2) is 76.7 Å². The van der Waals surface area contributed by atoms with Crippen LogP contribution in [0.4, 0.5) is 10.5 Å². The molecule has 14 heteroatoms. The van der Waals surface area contributed by atoms with Gasteiger partial charge in [-0.15, -0.1) is 0 Å². The van der Waals surface area contributed by atoms with Crippen molar-refractivity contribution in [3.8, 4) is 11.5 Å². The molecule has 12 nitrogen and oxygen atoms in total. The second-order valence-electron chi connectivity index (χ2n) is 5.75. The molecule has 0 N–H and O–H groups in total. The number of hydrogen-bond donors (Lipinski definition) is 0. The molecule has 0 atom stereocenters. The van der Waals surface area contributed by atoms with Crippen LogP contribution in [-0.2, 0) is 29.7 Å². The summed E-state index contributed by atoms with van der Waals surface area (Å²) < 4.78 is 41.9. The lowest BCUT2D eigenvalue weighted by molar-refractivity contribution is -0.385. The number of rotatable bonds is 11.